The molecule has 0 aliphatic rings. The lowest BCUT2D eigenvalue weighted by atomic mass is 10.0. The van der Waals surface area contributed by atoms with Gasteiger partial charge in [-0.25, -0.2) is 4.79 Å². The third kappa shape index (κ3) is 3.47. The molecule has 0 saturated heterocycles. The van der Waals surface area contributed by atoms with Crippen LogP contribution in [0.4, 0.5) is 0 Å². The number of carbonyl (C=O) groups is 1. The van der Waals surface area contributed by atoms with Crippen molar-refractivity contribution in [2.24, 2.45) is 0 Å². The van der Waals surface area contributed by atoms with E-state index in [9.17, 15) is 4.79 Å². The maximum absolute atomic E-state index is 11.2. The van der Waals surface area contributed by atoms with Gasteiger partial charge in [0.15, 0.2) is 0 Å². The Morgan fingerprint density at radius 1 is 1.19 bits per heavy atom. The predicted octanol–water partition coefficient (Wildman–Crippen LogP) is 4.11. The van der Waals surface area contributed by atoms with Crippen LogP contribution in [0.5, 0.6) is 11.5 Å². The molecule has 0 aliphatic heterocycles. The number of aromatic carboxylic acids is 1. The number of carboxylic acid groups (broad SMARTS) is 1. The largest absolute Gasteiger partial charge is 0.497 e. The molecule has 0 spiro atoms. The van der Waals surface area contributed by atoms with E-state index in [-0.39, 0.29) is 5.56 Å². The van der Waals surface area contributed by atoms with E-state index in [0.717, 1.165) is 5.56 Å². The van der Waals surface area contributed by atoms with Crippen molar-refractivity contribution in [2.75, 3.05) is 13.7 Å². The zero-order valence-corrected chi connectivity index (χ0v) is 12.5. The smallest absolute Gasteiger partial charge is 0.335 e. The van der Waals surface area contributed by atoms with Crippen LogP contribution < -0.4 is 9.47 Å². The first-order valence-electron chi connectivity index (χ1n) is 6.40. The van der Waals surface area contributed by atoms with Gasteiger partial charge in [-0.05, 0) is 48.9 Å². The molecule has 0 atom stereocenters. The molecule has 0 aromatic heterocycles. The lowest BCUT2D eigenvalue weighted by Gasteiger charge is -2.10. The van der Waals surface area contributed by atoms with Crippen LogP contribution in [-0.2, 0) is 0 Å². The normalized spacial score (nSPS) is 10.2. The maximum Gasteiger partial charge on any atom is 0.335 e. The Morgan fingerprint density at radius 2 is 1.95 bits per heavy atom. The second-order valence-corrected chi connectivity index (χ2v) is 4.74. The number of ether oxygens (including phenoxy) is 2. The molecule has 1 N–H and O–H groups in total. The van der Waals surface area contributed by atoms with E-state index in [1.165, 1.54) is 13.2 Å². The molecule has 0 amide bonds. The number of hydrogen-bond donors (Lipinski definition) is 1. The minimum Gasteiger partial charge on any atom is -0.497 e. The van der Waals surface area contributed by atoms with E-state index >= 15 is 0 Å². The van der Waals surface area contributed by atoms with Crippen LogP contribution in [0.15, 0.2) is 36.4 Å². The van der Waals surface area contributed by atoms with E-state index < -0.39 is 5.97 Å². The van der Waals surface area contributed by atoms with Crippen molar-refractivity contribution in [3.63, 3.8) is 0 Å². The first-order chi connectivity index (χ1) is 10.0. The standard InChI is InChI=1S/C16H15ClO4/c1-3-21-12-4-5-14(15(17)9-12)10-6-11(16(18)19)8-13(7-10)20-2/h4-9H,3H2,1-2H3,(H,18,19). The average Bonchev–Trinajstić information content (AvgIpc) is 2.47. The third-order valence-electron chi connectivity index (χ3n) is 2.95. The van der Waals surface area contributed by atoms with E-state index in [2.05, 4.69) is 0 Å². The molecule has 0 unspecified atom stereocenters. The van der Waals surface area contributed by atoms with Crippen molar-refractivity contribution in [1.82, 2.24) is 0 Å². The maximum atomic E-state index is 11.2. The lowest BCUT2D eigenvalue weighted by molar-refractivity contribution is 0.0696. The number of rotatable bonds is 5. The highest BCUT2D eigenvalue weighted by Crippen LogP contribution is 2.33. The van der Waals surface area contributed by atoms with Crippen molar-refractivity contribution in [3.05, 3.63) is 47.0 Å². The minimum absolute atomic E-state index is 0.148. The average molecular weight is 307 g/mol. The topological polar surface area (TPSA) is 55.8 Å². The highest BCUT2D eigenvalue weighted by atomic mass is 35.5. The van der Waals surface area contributed by atoms with Gasteiger partial charge in [-0.1, -0.05) is 11.6 Å². The molecular weight excluding hydrogens is 292 g/mol. The van der Waals surface area contributed by atoms with Crippen LogP contribution in [0.3, 0.4) is 0 Å². The monoisotopic (exact) mass is 306 g/mol. The van der Waals surface area contributed by atoms with Gasteiger partial charge in [-0.3, -0.25) is 0 Å². The zero-order valence-electron chi connectivity index (χ0n) is 11.7. The number of carboxylic acids is 1. The summed E-state index contributed by atoms with van der Waals surface area (Å²) in [7, 11) is 1.49. The van der Waals surface area contributed by atoms with E-state index in [1.807, 2.05) is 6.92 Å². The summed E-state index contributed by atoms with van der Waals surface area (Å²) in [6.45, 7) is 2.45. The van der Waals surface area contributed by atoms with E-state index in [0.29, 0.717) is 28.7 Å². The Hall–Kier alpha value is -2.20. The molecular formula is C16H15ClO4. The molecule has 21 heavy (non-hydrogen) atoms. The van der Waals surface area contributed by atoms with Crippen LogP contribution in [0.25, 0.3) is 11.1 Å². The molecule has 2 aromatic rings. The molecule has 2 rings (SSSR count). The minimum atomic E-state index is -1.02. The van der Waals surface area contributed by atoms with Gasteiger partial charge in [0.1, 0.15) is 11.5 Å². The quantitative estimate of drug-likeness (QED) is 0.903. The Labute approximate surface area is 127 Å². The third-order valence-corrected chi connectivity index (χ3v) is 3.26. The van der Waals surface area contributed by atoms with Crippen LogP contribution in [0.2, 0.25) is 5.02 Å². The fraction of sp³-hybridized carbons (Fsp3) is 0.188. The molecule has 4 nitrogen and oxygen atoms in total. The summed E-state index contributed by atoms with van der Waals surface area (Å²) >= 11 is 6.26. The molecule has 0 fully saturated rings. The lowest BCUT2D eigenvalue weighted by Crippen LogP contribution is -1.98. The molecule has 5 heteroatoms. The van der Waals surface area contributed by atoms with Crippen molar-refractivity contribution in [3.8, 4) is 22.6 Å². The van der Waals surface area contributed by atoms with Gasteiger partial charge in [-0.2, -0.15) is 0 Å². The van der Waals surface area contributed by atoms with Gasteiger partial charge in [0, 0.05) is 5.56 Å². The molecule has 0 bridgehead atoms. The summed E-state index contributed by atoms with van der Waals surface area (Å²) in [5, 5.41) is 9.64. The number of halogens is 1. The summed E-state index contributed by atoms with van der Waals surface area (Å²) in [5.41, 5.74) is 1.55. The van der Waals surface area contributed by atoms with Gasteiger partial charge < -0.3 is 14.6 Å². The summed E-state index contributed by atoms with van der Waals surface area (Å²) in [5.74, 6) is 0.125. The van der Waals surface area contributed by atoms with Gasteiger partial charge >= 0.3 is 5.97 Å². The van der Waals surface area contributed by atoms with Crippen LogP contribution in [-0.4, -0.2) is 24.8 Å². The van der Waals surface area contributed by atoms with Crippen LogP contribution >= 0.6 is 11.6 Å². The molecule has 0 saturated carbocycles. The second-order valence-electron chi connectivity index (χ2n) is 4.33. The van der Waals surface area contributed by atoms with E-state index in [4.69, 9.17) is 26.2 Å². The molecule has 0 heterocycles. The molecule has 0 radical (unpaired) electrons. The van der Waals surface area contributed by atoms with Crippen molar-refractivity contribution < 1.29 is 19.4 Å². The van der Waals surface area contributed by atoms with Gasteiger partial charge in [0.2, 0.25) is 0 Å². The summed E-state index contributed by atoms with van der Waals surface area (Å²) < 4.78 is 10.5. The van der Waals surface area contributed by atoms with Crippen LogP contribution in [0, 0.1) is 0 Å². The number of benzene rings is 2. The highest BCUT2D eigenvalue weighted by molar-refractivity contribution is 6.33. The molecule has 2 aromatic carbocycles. The Balaban J connectivity index is 2.50. The van der Waals surface area contributed by atoms with Crippen molar-refractivity contribution in [2.45, 2.75) is 6.92 Å². The number of hydrogen-bond acceptors (Lipinski definition) is 3. The molecule has 110 valence electrons. The Morgan fingerprint density at radius 3 is 2.52 bits per heavy atom. The summed E-state index contributed by atoms with van der Waals surface area (Å²) in [6, 6.07) is 10.1. The van der Waals surface area contributed by atoms with E-state index in [1.54, 1.807) is 30.3 Å². The highest BCUT2D eigenvalue weighted by Gasteiger charge is 2.11. The number of methoxy groups -OCH3 is 1. The fourth-order valence-corrected chi connectivity index (χ4v) is 2.26. The zero-order chi connectivity index (χ0) is 15.4. The first kappa shape index (κ1) is 15.2. The van der Waals surface area contributed by atoms with Gasteiger partial charge in [0.25, 0.3) is 0 Å². The second kappa shape index (κ2) is 6.50. The predicted molar refractivity (Wildman–Crippen MR) is 81.6 cm³/mol. The summed E-state index contributed by atoms with van der Waals surface area (Å²) in [4.78, 5) is 11.2. The first-order valence-corrected chi connectivity index (χ1v) is 6.78. The van der Waals surface area contributed by atoms with Crippen LogP contribution in [0.1, 0.15) is 17.3 Å². The fourth-order valence-electron chi connectivity index (χ4n) is 1.98. The Kier molecular flexibility index (Phi) is 4.70. The van der Waals surface area contributed by atoms with Crippen molar-refractivity contribution in [1.29, 1.82) is 0 Å². The van der Waals surface area contributed by atoms with Gasteiger partial charge in [-0.15, -0.1) is 0 Å². The Bertz CT molecular complexity index is 667. The SMILES string of the molecule is CCOc1ccc(-c2cc(OC)cc(C(=O)O)c2)c(Cl)c1. The molecule has 0 aliphatic carbocycles. The summed E-state index contributed by atoms with van der Waals surface area (Å²) in [6.07, 6.45) is 0. The van der Waals surface area contributed by atoms with Crippen molar-refractivity contribution >= 4 is 17.6 Å². The van der Waals surface area contributed by atoms with Gasteiger partial charge in [0.05, 0.1) is 24.3 Å².